The van der Waals surface area contributed by atoms with Crippen LogP contribution in [0.1, 0.15) is 19.4 Å². The van der Waals surface area contributed by atoms with Gasteiger partial charge in [0, 0.05) is 50.1 Å². The molecule has 3 rings (SSSR count). The Bertz CT molecular complexity index is 1100. The maximum atomic E-state index is 13.2. The van der Waals surface area contributed by atoms with Crippen LogP contribution in [0.25, 0.3) is 11.3 Å². The molecule has 3 aromatic rings. The van der Waals surface area contributed by atoms with Crippen LogP contribution in [-0.2, 0) is 11.3 Å². The van der Waals surface area contributed by atoms with Gasteiger partial charge in [0.1, 0.15) is 5.82 Å². The molecule has 3 atom stereocenters. The van der Waals surface area contributed by atoms with Crippen LogP contribution < -0.4 is 5.32 Å². The standard InChI is InChI=1S/C29H37FN4O3/c1-21(17-34(22(2)20-35)29(36)32-26-14-12-25(30)13-15-26)28(37-4)19-33(3)18-23-8-10-24(11-9-23)27-7-5-6-16-31-27/h5-16,21-22,28,35H,17-20H2,1-4H3,(H,32,36)/t21-,22-,28-/m0/s1. The first-order valence-electron chi connectivity index (χ1n) is 12.5. The van der Waals surface area contributed by atoms with E-state index in [1.807, 2.05) is 32.2 Å². The van der Waals surface area contributed by atoms with Crippen molar-refractivity contribution in [1.29, 1.82) is 0 Å². The molecule has 0 saturated heterocycles. The highest BCUT2D eigenvalue weighted by Crippen LogP contribution is 2.19. The molecule has 0 aliphatic rings. The van der Waals surface area contributed by atoms with Crippen LogP contribution in [0.2, 0.25) is 0 Å². The van der Waals surface area contributed by atoms with Crippen molar-refractivity contribution < 1.29 is 19.0 Å². The molecular formula is C29H37FN4O3. The van der Waals surface area contributed by atoms with Gasteiger partial charge >= 0.3 is 6.03 Å². The highest BCUT2D eigenvalue weighted by molar-refractivity contribution is 5.89. The summed E-state index contributed by atoms with van der Waals surface area (Å²) in [7, 11) is 3.72. The van der Waals surface area contributed by atoms with Crippen molar-refractivity contribution in [3.63, 3.8) is 0 Å². The molecular weight excluding hydrogens is 471 g/mol. The number of ether oxygens (including phenoxy) is 1. The van der Waals surface area contributed by atoms with Crippen LogP contribution in [0.3, 0.4) is 0 Å². The van der Waals surface area contributed by atoms with E-state index in [4.69, 9.17) is 4.74 Å². The molecule has 2 N–H and O–H groups in total. The summed E-state index contributed by atoms with van der Waals surface area (Å²) in [6, 6.07) is 19.1. The van der Waals surface area contributed by atoms with Crippen molar-refractivity contribution in [1.82, 2.24) is 14.8 Å². The number of nitrogens with zero attached hydrogens (tertiary/aromatic N) is 3. The van der Waals surface area contributed by atoms with Crippen molar-refractivity contribution in [2.24, 2.45) is 5.92 Å². The van der Waals surface area contributed by atoms with Crippen LogP contribution in [0, 0.1) is 11.7 Å². The molecule has 1 aromatic heterocycles. The molecule has 0 bridgehead atoms. The SMILES string of the molecule is CO[C@@H](CN(C)Cc1ccc(-c2ccccn2)cc1)[C@@H](C)CN(C(=O)Nc1ccc(F)cc1)[C@@H](C)CO. The van der Waals surface area contributed by atoms with E-state index < -0.39 is 6.04 Å². The maximum absolute atomic E-state index is 13.2. The largest absolute Gasteiger partial charge is 0.394 e. The highest BCUT2D eigenvalue weighted by atomic mass is 19.1. The first-order valence-corrected chi connectivity index (χ1v) is 12.5. The zero-order valence-corrected chi connectivity index (χ0v) is 22.0. The molecule has 1 heterocycles. The number of aliphatic hydroxyl groups excluding tert-OH is 1. The Morgan fingerprint density at radius 1 is 1.05 bits per heavy atom. The quantitative estimate of drug-likeness (QED) is 0.364. The number of hydrogen-bond acceptors (Lipinski definition) is 5. The first kappa shape index (κ1) is 28.2. The normalized spacial score (nSPS) is 13.7. The summed E-state index contributed by atoms with van der Waals surface area (Å²) >= 11 is 0. The molecule has 0 saturated carbocycles. The summed E-state index contributed by atoms with van der Waals surface area (Å²) < 4.78 is 19.0. The molecule has 0 unspecified atom stereocenters. The lowest BCUT2D eigenvalue weighted by atomic mass is 10.0. The first-order chi connectivity index (χ1) is 17.8. The summed E-state index contributed by atoms with van der Waals surface area (Å²) in [5, 5.41) is 12.5. The number of carbonyl (C=O) groups excluding carboxylic acids is 1. The van der Waals surface area contributed by atoms with Gasteiger partial charge in [-0.05, 0) is 55.9 Å². The number of methoxy groups -OCH3 is 1. The number of halogens is 1. The number of aromatic nitrogens is 1. The van der Waals surface area contributed by atoms with Crippen LogP contribution in [0.15, 0.2) is 72.9 Å². The van der Waals surface area contributed by atoms with Gasteiger partial charge in [0.05, 0.1) is 24.4 Å². The van der Waals surface area contributed by atoms with E-state index in [0.29, 0.717) is 18.8 Å². The number of hydrogen-bond donors (Lipinski definition) is 2. The Kier molecular flexibility index (Phi) is 10.6. The maximum Gasteiger partial charge on any atom is 0.322 e. The number of rotatable bonds is 12. The number of anilines is 1. The van der Waals surface area contributed by atoms with Gasteiger partial charge in [-0.2, -0.15) is 0 Å². The fourth-order valence-electron chi connectivity index (χ4n) is 4.20. The molecule has 2 aromatic carbocycles. The minimum atomic E-state index is -0.393. The number of pyridine rings is 1. The molecule has 0 aliphatic heterocycles. The van der Waals surface area contributed by atoms with Crippen LogP contribution in [0.5, 0.6) is 0 Å². The summed E-state index contributed by atoms with van der Waals surface area (Å²) in [5.41, 5.74) is 3.69. The van der Waals surface area contributed by atoms with Gasteiger partial charge in [-0.3, -0.25) is 9.88 Å². The average Bonchev–Trinajstić information content (AvgIpc) is 2.92. The molecule has 0 radical (unpaired) electrons. The van der Waals surface area contributed by atoms with Gasteiger partial charge in [0.15, 0.2) is 0 Å². The minimum Gasteiger partial charge on any atom is -0.394 e. The number of urea groups is 1. The molecule has 198 valence electrons. The molecule has 7 nitrogen and oxygen atoms in total. The lowest BCUT2D eigenvalue weighted by molar-refractivity contribution is 0.0177. The van der Waals surface area contributed by atoms with E-state index in [9.17, 15) is 14.3 Å². The second-order valence-corrected chi connectivity index (χ2v) is 9.48. The number of aliphatic hydroxyl groups is 1. The fraction of sp³-hybridized carbons (Fsp3) is 0.379. The van der Waals surface area contributed by atoms with Crippen molar-refractivity contribution >= 4 is 11.7 Å². The van der Waals surface area contributed by atoms with Gasteiger partial charge in [0.25, 0.3) is 0 Å². The van der Waals surface area contributed by atoms with Crippen molar-refractivity contribution in [2.45, 2.75) is 32.5 Å². The third-order valence-electron chi connectivity index (χ3n) is 6.43. The lowest BCUT2D eigenvalue weighted by Gasteiger charge is -2.34. The Balaban J connectivity index is 1.59. The zero-order chi connectivity index (χ0) is 26.8. The monoisotopic (exact) mass is 508 g/mol. The second-order valence-electron chi connectivity index (χ2n) is 9.48. The van der Waals surface area contributed by atoms with Gasteiger partial charge in [-0.1, -0.05) is 37.3 Å². The lowest BCUT2D eigenvalue weighted by Crippen LogP contribution is -2.48. The number of nitrogens with one attached hydrogen (secondary N) is 1. The summed E-state index contributed by atoms with van der Waals surface area (Å²) in [4.78, 5) is 21.2. The minimum absolute atomic E-state index is 0.00745. The Morgan fingerprint density at radius 3 is 2.35 bits per heavy atom. The van der Waals surface area contributed by atoms with E-state index in [1.54, 1.807) is 25.1 Å². The van der Waals surface area contributed by atoms with Crippen LogP contribution >= 0.6 is 0 Å². The number of carbonyl (C=O) groups is 1. The Hall–Kier alpha value is -3.33. The van der Waals surface area contributed by atoms with Crippen molar-refractivity contribution in [2.75, 3.05) is 39.2 Å². The molecule has 0 spiro atoms. The van der Waals surface area contributed by atoms with Gasteiger partial charge in [-0.25, -0.2) is 9.18 Å². The van der Waals surface area contributed by atoms with Gasteiger partial charge in [-0.15, -0.1) is 0 Å². The third-order valence-corrected chi connectivity index (χ3v) is 6.43. The Morgan fingerprint density at radius 2 is 1.76 bits per heavy atom. The zero-order valence-electron chi connectivity index (χ0n) is 22.0. The van der Waals surface area contributed by atoms with Crippen LogP contribution in [-0.4, -0.2) is 71.9 Å². The predicted octanol–water partition coefficient (Wildman–Crippen LogP) is 4.89. The van der Waals surface area contributed by atoms with E-state index in [2.05, 4.69) is 39.5 Å². The topological polar surface area (TPSA) is 77.9 Å². The molecule has 0 aliphatic carbocycles. The van der Waals surface area contributed by atoms with E-state index >= 15 is 0 Å². The summed E-state index contributed by atoms with van der Waals surface area (Å²) in [5.74, 6) is -0.379. The van der Waals surface area contributed by atoms with Crippen molar-refractivity contribution in [3.05, 3.63) is 84.3 Å². The number of amides is 2. The summed E-state index contributed by atoms with van der Waals surface area (Å²) in [6.45, 7) is 5.46. The molecule has 37 heavy (non-hydrogen) atoms. The fourth-order valence-corrected chi connectivity index (χ4v) is 4.20. The second kappa shape index (κ2) is 13.8. The molecule has 2 amide bonds. The van der Waals surface area contributed by atoms with Crippen LogP contribution in [0.4, 0.5) is 14.9 Å². The van der Waals surface area contributed by atoms with E-state index in [0.717, 1.165) is 17.8 Å². The predicted molar refractivity (Wildman–Crippen MR) is 145 cm³/mol. The number of likely N-dealkylation sites (N-methyl/N-ethyl adjacent to an activating group) is 1. The molecule has 0 fully saturated rings. The third kappa shape index (κ3) is 8.35. The average molecular weight is 509 g/mol. The number of benzene rings is 2. The van der Waals surface area contributed by atoms with Gasteiger partial charge < -0.3 is 20.1 Å². The van der Waals surface area contributed by atoms with E-state index in [-0.39, 0.29) is 30.5 Å². The highest BCUT2D eigenvalue weighted by Gasteiger charge is 2.27. The smallest absolute Gasteiger partial charge is 0.322 e. The summed E-state index contributed by atoms with van der Waals surface area (Å²) in [6.07, 6.45) is 1.66. The molecule has 8 heteroatoms. The Labute approximate surface area is 218 Å². The van der Waals surface area contributed by atoms with E-state index in [1.165, 1.54) is 29.8 Å². The van der Waals surface area contributed by atoms with Gasteiger partial charge in [0.2, 0.25) is 0 Å². The van der Waals surface area contributed by atoms with Crippen molar-refractivity contribution in [3.8, 4) is 11.3 Å².